The van der Waals surface area contributed by atoms with Crippen LogP contribution in [0.25, 0.3) is 11.4 Å². The first kappa shape index (κ1) is 23.8. The molecule has 0 unspecified atom stereocenters. The van der Waals surface area contributed by atoms with E-state index >= 15 is 0 Å². The van der Waals surface area contributed by atoms with Gasteiger partial charge >= 0.3 is 5.97 Å². The molecule has 1 heterocycles. The number of imidazole rings is 1. The van der Waals surface area contributed by atoms with Crippen LogP contribution in [0.3, 0.4) is 0 Å². The predicted molar refractivity (Wildman–Crippen MR) is 143 cm³/mol. The number of aryl methyl sites for hydroxylation is 2. The van der Waals surface area contributed by atoms with Crippen molar-refractivity contribution in [2.24, 2.45) is 23.2 Å². The Labute approximate surface area is 216 Å². The van der Waals surface area contributed by atoms with Crippen molar-refractivity contribution in [1.29, 1.82) is 0 Å². The number of carbonyl (C=O) groups is 2. The topological polar surface area (TPSA) is 121 Å². The van der Waals surface area contributed by atoms with Gasteiger partial charge in [0, 0.05) is 22.6 Å². The molecule has 2 aromatic carbocycles. The van der Waals surface area contributed by atoms with Crippen molar-refractivity contribution in [2.75, 3.05) is 11.1 Å². The first-order valence-corrected chi connectivity index (χ1v) is 13.4. The number of nitrogens with zero attached hydrogens (tertiary/aromatic N) is 1. The SMILES string of the molecule is Cc1ccccc1-c1nc(C(=O)Nc2ccc(N)c(C(=O)O)c2)c(CCC23CC4CC(CC(C4)C2)C3)[nH]1. The molecular weight excluding hydrogens is 464 g/mol. The molecule has 0 atom stereocenters. The Morgan fingerprint density at radius 1 is 1.08 bits per heavy atom. The largest absolute Gasteiger partial charge is 0.478 e. The van der Waals surface area contributed by atoms with Crippen LogP contribution < -0.4 is 11.1 Å². The minimum atomic E-state index is -1.13. The molecule has 0 spiro atoms. The number of rotatable bonds is 7. The van der Waals surface area contributed by atoms with Crippen LogP contribution in [0.1, 0.15) is 77.0 Å². The maximum absolute atomic E-state index is 13.5. The fourth-order valence-electron chi connectivity index (χ4n) is 7.74. The number of aromatic carboxylic acids is 1. The lowest BCUT2D eigenvalue weighted by Crippen LogP contribution is -2.46. The Balaban J connectivity index is 1.29. The lowest BCUT2D eigenvalue weighted by atomic mass is 9.48. The molecule has 4 fully saturated rings. The molecular formula is C30H34N4O3. The second kappa shape index (κ2) is 9.05. The third-order valence-electron chi connectivity index (χ3n) is 9.01. The maximum atomic E-state index is 13.5. The van der Waals surface area contributed by atoms with Gasteiger partial charge in [-0.3, -0.25) is 4.79 Å². The van der Waals surface area contributed by atoms with E-state index < -0.39 is 5.97 Å². The van der Waals surface area contributed by atoms with Crippen LogP contribution >= 0.6 is 0 Å². The fourth-order valence-corrected chi connectivity index (χ4v) is 7.74. The number of hydrogen-bond acceptors (Lipinski definition) is 4. The Morgan fingerprint density at radius 3 is 2.41 bits per heavy atom. The monoisotopic (exact) mass is 498 g/mol. The highest BCUT2D eigenvalue weighted by Gasteiger charge is 2.50. The van der Waals surface area contributed by atoms with Gasteiger partial charge in [0.15, 0.2) is 0 Å². The molecule has 7 heteroatoms. The van der Waals surface area contributed by atoms with Gasteiger partial charge in [-0.25, -0.2) is 9.78 Å². The number of H-pyrrole nitrogens is 1. The smallest absolute Gasteiger partial charge is 0.337 e. The summed E-state index contributed by atoms with van der Waals surface area (Å²) in [5, 5.41) is 12.3. The summed E-state index contributed by atoms with van der Waals surface area (Å²) in [5.41, 5.74) is 9.95. The highest BCUT2D eigenvalue weighted by Crippen LogP contribution is 2.61. The fraction of sp³-hybridized carbons (Fsp3) is 0.433. The minimum absolute atomic E-state index is 0.0394. The van der Waals surface area contributed by atoms with Crippen LogP contribution in [0.2, 0.25) is 0 Å². The molecule has 7 rings (SSSR count). The van der Waals surface area contributed by atoms with Crippen LogP contribution in [0.4, 0.5) is 11.4 Å². The van der Waals surface area contributed by atoms with E-state index in [9.17, 15) is 14.7 Å². The number of carboxylic acids is 1. The zero-order valence-electron chi connectivity index (χ0n) is 21.2. The molecule has 37 heavy (non-hydrogen) atoms. The summed E-state index contributed by atoms with van der Waals surface area (Å²) in [6.45, 7) is 2.04. The van der Waals surface area contributed by atoms with Crippen LogP contribution in [-0.2, 0) is 6.42 Å². The first-order valence-electron chi connectivity index (χ1n) is 13.4. The van der Waals surface area contributed by atoms with Crippen molar-refractivity contribution in [2.45, 2.75) is 58.3 Å². The van der Waals surface area contributed by atoms with Crippen LogP contribution in [0.5, 0.6) is 0 Å². The van der Waals surface area contributed by atoms with Crippen LogP contribution in [-0.4, -0.2) is 27.0 Å². The lowest BCUT2D eigenvalue weighted by Gasteiger charge is -2.57. The van der Waals surface area contributed by atoms with Gasteiger partial charge in [-0.1, -0.05) is 24.3 Å². The van der Waals surface area contributed by atoms with Gasteiger partial charge in [-0.05, 0) is 105 Å². The molecule has 4 aliphatic rings. The van der Waals surface area contributed by atoms with Crippen molar-refractivity contribution in [3.8, 4) is 11.4 Å². The standard InChI is InChI=1S/C30H34N4O3/c1-17-4-2-3-5-22(17)27-33-25(8-9-30-14-18-10-19(15-30)12-20(11-18)16-30)26(34-27)28(35)32-21-6-7-24(31)23(13-21)29(36)37/h2-7,13,18-20H,8-12,14-16,31H2,1H3,(H,32,35)(H,33,34)(H,36,37). The second-order valence-electron chi connectivity index (χ2n) is 11.7. The molecule has 1 aromatic heterocycles. The highest BCUT2D eigenvalue weighted by molar-refractivity contribution is 6.05. The minimum Gasteiger partial charge on any atom is -0.478 e. The summed E-state index contributed by atoms with van der Waals surface area (Å²) >= 11 is 0. The van der Waals surface area contributed by atoms with Crippen molar-refractivity contribution in [3.05, 3.63) is 65.0 Å². The summed E-state index contributed by atoms with van der Waals surface area (Å²) in [5.74, 6) is 1.85. The molecule has 0 aliphatic heterocycles. The van der Waals surface area contributed by atoms with E-state index in [1.165, 1.54) is 50.7 Å². The number of amides is 1. The average molecular weight is 499 g/mol. The third kappa shape index (κ3) is 4.52. The first-order chi connectivity index (χ1) is 17.8. The summed E-state index contributed by atoms with van der Waals surface area (Å²) in [6.07, 6.45) is 10.0. The second-order valence-corrected chi connectivity index (χ2v) is 11.7. The van der Waals surface area contributed by atoms with E-state index in [0.717, 1.165) is 47.4 Å². The molecule has 7 nitrogen and oxygen atoms in total. The van der Waals surface area contributed by atoms with Crippen LogP contribution in [0, 0.1) is 30.1 Å². The van der Waals surface area contributed by atoms with Gasteiger partial charge < -0.3 is 21.1 Å². The van der Waals surface area contributed by atoms with E-state index in [0.29, 0.717) is 22.6 Å². The van der Waals surface area contributed by atoms with Crippen molar-refractivity contribution >= 4 is 23.3 Å². The van der Waals surface area contributed by atoms with Gasteiger partial charge in [0.2, 0.25) is 0 Å². The number of aromatic amines is 1. The maximum Gasteiger partial charge on any atom is 0.337 e. The van der Waals surface area contributed by atoms with Crippen LogP contribution in [0.15, 0.2) is 42.5 Å². The summed E-state index contributed by atoms with van der Waals surface area (Å²) < 4.78 is 0. The van der Waals surface area contributed by atoms with E-state index in [-0.39, 0.29) is 17.2 Å². The number of aromatic nitrogens is 2. The van der Waals surface area contributed by atoms with Crippen molar-refractivity contribution in [1.82, 2.24) is 9.97 Å². The molecule has 0 saturated heterocycles. The van der Waals surface area contributed by atoms with E-state index in [4.69, 9.17) is 10.7 Å². The molecule has 4 aliphatic carbocycles. The number of nitrogens with one attached hydrogen (secondary N) is 2. The van der Waals surface area contributed by atoms with Gasteiger partial charge in [0.25, 0.3) is 5.91 Å². The number of benzene rings is 2. The number of carboxylic acid groups (broad SMARTS) is 1. The average Bonchev–Trinajstić information content (AvgIpc) is 3.28. The Hall–Kier alpha value is -3.61. The summed E-state index contributed by atoms with van der Waals surface area (Å²) in [4.78, 5) is 33.3. The normalized spacial score (nSPS) is 25.8. The molecule has 1 amide bonds. The van der Waals surface area contributed by atoms with E-state index in [1.807, 2.05) is 31.2 Å². The zero-order valence-corrected chi connectivity index (χ0v) is 21.2. The molecule has 4 saturated carbocycles. The Morgan fingerprint density at radius 2 is 1.76 bits per heavy atom. The molecule has 0 radical (unpaired) electrons. The van der Waals surface area contributed by atoms with Gasteiger partial charge in [0.05, 0.1) is 5.56 Å². The molecule has 4 bridgehead atoms. The molecule has 192 valence electrons. The number of nitrogen functional groups attached to an aromatic ring is 1. The Kier molecular flexibility index (Phi) is 5.81. The quantitative estimate of drug-likeness (QED) is 0.295. The summed E-state index contributed by atoms with van der Waals surface area (Å²) in [7, 11) is 0. The Bertz CT molecular complexity index is 1340. The summed E-state index contributed by atoms with van der Waals surface area (Å²) in [6, 6.07) is 12.5. The van der Waals surface area contributed by atoms with Gasteiger partial charge in [-0.15, -0.1) is 0 Å². The predicted octanol–water partition coefficient (Wildman–Crippen LogP) is 6.07. The number of hydrogen-bond donors (Lipinski definition) is 4. The number of anilines is 2. The molecule has 3 aromatic rings. The van der Waals surface area contributed by atoms with Gasteiger partial charge in [0.1, 0.15) is 11.5 Å². The molecule has 5 N–H and O–H groups in total. The lowest BCUT2D eigenvalue weighted by molar-refractivity contribution is -0.0570. The number of carbonyl (C=O) groups excluding carboxylic acids is 1. The van der Waals surface area contributed by atoms with E-state index in [2.05, 4.69) is 10.3 Å². The van der Waals surface area contributed by atoms with Crippen molar-refractivity contribution < 1.29 is 14.7 Å². The van der Waals surface area contributed by atoms with Gasteiger partial charge in [-0.2, -0.15) is 0 Å². The zero-order chi connectivity index (χ0) is 25.7. The highest BCUT2D eigenvalue weighted by atomic mass is 16.4. The third-order valence-corrected chi connectivity index (χ3v) is 9.01. The van der Waals surface area contributed by atoms with Crippen molar-refractivity contribution in [3.63, 3.8) is 0 Å². The number of nitrogens with two attached hydrogens (primary N) is 1. The van der Waals surface area contributed by atoms with E-state index in [1.54, 1.807) is 6.07 Å².